The van der Waals surface area contributed by atoms with Crippen LogP contribution in [0.25, 0.3) is 0 Å². The van der Waals surface area contributed by atoms with Crippen molar-refractivity contribution in [1.82, 2.24) is 10.2 Å². The Kier molecular flexibility index (Phi) is 10.6. The van der Waals surface area contributed by atoms with E-state index in [9.17, 15) is 14.0 Å². The fourth-order valence-electron chi connectivity index (χ4n) is 3.09. The number of rotatable bonds is 11. The molecule has 8 heteroatoms. The summed E-state index contributed by atoms with van der Waals surface area (Å²) in [5.74, 6) is -0.269. The van der Waals surface area contributed by atoms with Crippen LogP contribution in [0, 0.1) is 5.82 Å². The van der Waals surface area contributed by atoms with Gasteiger partial charge in [0.25, 0.3) is 0 Å². The van der Waals surface area contributed by atoms with Gasteiger partial charge >= 0.3 is 0 Å². The first-order valence-corrected chi connectivity index (χ1v) is 12.1. The molecule has 31 heavy (non-hydrogen) atoms. The van der Waals surface area contributed by atoms with Gasteiger partial charge in [0.1, 0.15) is 11.9 Å². The minimum absolute atomic E-state index is 0.105. The molecule has 0 unspecified atom stereocenters. The number of carbonyl (C=O) groups excluding carboxylic acids is 2. The Morgan fingerprint density at radius 3 is 2.39 bits per heavy atom. The predicted octanol–water partition coefficient (Wildman–Crippen LogP) is 5.70. The molecule has 0 radical (unpaired) electrons. The molecule has 168 valence electrons. The molecule has 0 aliphatic heterocycles. The topological polar surface area (TPSA) is 49.4 Å². The van der Waals surface area contributed by atoms with E-state index in [0.29, 0.717) is 39.9 Å². The number of benzene rings is 2. The quantitative estimate of drug-likeness (QED) is 0.444. The van der Waals surface area contributed by atoms with E-state index in [1.54, 1.807) is 36.4 Å². The minimum Gasteiger partial charge on any atom is -0.354 e. The monoisotopic (exact) mass is 484 g/mol. The van der Waals surface area contributed by atoms with Gasteiger partial charge in [0.05, 0.1) is 5.75 Å². The molecule has 1 N–H and O–H groups in total. The Morgan fingerprint density at radius 2 is 1.77 bits per heavy atom. The van der Waals surface area contributed by atoms with Crippen LogP contribution in [0.5, 0.6) is 0 Å². The molecular formula is C23H27Cl2FN2O2S. The van der Waals surface area contributed by atoms with E-state index in [1.807, 2.05) is 13.8 Å². The van der Waals surface area contributed by atoms with Crippen LogP contribution in [-0.2, 0) is 21.9 Å². The number of thioether (sulfide) groups is 1. The second kappa shape index (κ2) is 12.9. The van der Waals surface area contributed by atoms with Crippen molar-refractivity contribution in [3.8, 4) is 0 Å². The second-order valence-electron chi connectivity index (χ2n) is 7.02. The summed E-state index contributed by atoms with van der Waals surface area (Å²) >= 11 is 13.9. The maximum Gasteiger partial charge on any atom is 0.242 e. The second-order valence-corrected chi connectivity index (χ2v) is 8.82. The number of hydrogen-bond donors (Lipinski definition) is 1. The molecule has 4 nitrogen and oxygen atoms in total. The third-order valence-electron chi connectivity index (χ3n) is 4.77. The SMILES string of the molecule is CCCNC(=O)[C@@H](CC)N(Cc1c(Cl)cccc1Cl)C(=O)CSCc1ccccc1F. The predicted molar refractivity (Wildman–Crippen MR) is 127 cm³/mol. The fourth-order valence-corrected chi connectivity index (χ4v) is 4.50. The zero-order valence-electron chi connectivity index (χ0n) is 17.7. The molecule has 0 fully saturated rings. The van der Waals surface area contributed by atoms with E-state index in [2.05, 4.69) is 5.32 Å². The summed E-state index contributed by atoms with van der Waals surface area (Å²) in [4.78, 5) is 27.4. The Hall–Kier alpha value is -1.76. The molecule has 1 atom stereocenters. The molecular weight excluding hydrogens is 458 g/mol. The first-order valence-electron chi connectivity index (χ1n) is 10.2. The first kappa shape index (κ1) is 25.5. The normalized spacial score (nSPS) is 11.8. The van der Waals surface area contributed by atoms with Crippen molar-refractivity contribution in [2.45, 2.75) is 45.0 Å². The summed E-state index contributed by atoms with van der Waals surface area (Å²) in [6, 6.07) is 11.0. The Balaban J connectivity index is 2.19. The Morgan fingerprint density at radius 1 is 1.10 bits per heavy atom. The van der Waals surface area contributed by atoms with E-state index in [0.717, 1.165) is 6.42 Å². The number of carbonyl (C=O) groups is 2. The third kappa shape index (κ3) is 7.41. The van der Waals surface area contributed by atoms with Crippen molar-refractivity contribution in [3.05, 3.63) is 69.5 Å². The third-order valence-corrected chi connectivity index (χ3v) is 6.44. The standard InChI is InChI=1S/C23H27Cl2FN2O2S/c1-3-12-27-23(30)21(4-2)28(13-17-18(24)9-7-10-19(17)25)22(29)15-31-14-16-8-5-6-11-20(16)26/h5-11,21H,3-4,12-15H2,1-2H3,(H,27,30)/t21-/m1/s1. The van der Waals surface area contributed by atoms with E-state index in [1.165, 1.54) is 22.7 Å². The minimum atomic E-state index is -0.652. The smallest absolute Gasteiger partial charge is 0.242 e. The summed E-state index contributed by atoms with van der Waals surface area (Å²) in [6.07, 6.45) is 1.24. The highest BCUT2D eigenvalue weighted by atomic mass is 35.5. The van der Waals surface area contributed by atoms with Crippen molar-refractivity contribution < 1.29 is 14.0 Å². The average Bonchev–Trinajstić information content (AvgIpc) is 2.75. The Labute approximate surface area is 197 Å². The maximum atomic E-state index is 13.9. The summed E-state index contributed by atoms with van der Waals surface area (Å²) in [6.45, 7) is 4.48. The fraction of sp³-hybridized carbons (Fsp3) is 0.391. The zero-order chi connectivity index (χ0) is 22.8. The highest BCUT2D eigenvalue weighted by molar-refractivity contribution is 7.99. The van der Waals surface area contributed by atoms with Crippen molar-refractivity contribution >= 4 is 46.8 Å². The number of hydrogen-bond acceptors (Lipinski definition) is 3. The Bertz CT molecular complexity index is 877. The molecule has 0 heterocycles. The summed E-state index contributed by atoms with van der Waals surface area (Å²) in [5.41, 5.74) is 1.13. The molecule has 0 saturated carbocycles. The lowest BCUT2D eigenvalue weighted by Crippen LogP contribution is -2.49. The number of nitrogens with one attached hydrogen (secondary N) is 1. The van der Waals surface area contributed by atoms with E-state index in [4.69, 9.17) is 23.2 Å². The van der Waals surface area contributed by atoms with Gasteiger partial charge in [-0.15, -0.1) is 11.8 Å². The van der Waals surface area contributed by atoms with E-state index >= 15 is 0 Å². The van der Waals surface area contributed by atoms with E-state index < -0.39 is 6.04 Å². The van der Waals surface area contributed by atoms with E-state index in [-0.39, 0.29) is 29.9 Å². The maximum absolute atomic E-state index is 13.9. The zero-order valence-corrected chi connectivity index (χ0v) is 20.0. The number of amides is 2. The summed E-state index contributed by atoms with van der Waals surface area (Å²) in [7, 11) is 0. The number of nitrogens with zero attached hydrogens (tertiary/aromatic N) is 1. The van der Waals surface area contributed by atoms with Crippen molar-refractivity contribution in [2.24, 2.45) is 0 Å². The lowest BCUT2D eigenvalue weighted by molar-refractivity contribution is -0.139. The van der Waals surface area contributed by atoms with Crippen molar-refractivity contribution in [3.63, 3.8) is 0 Å². The first-order chi connectivity index (χ1) is 14.9. The van der Waals surface area contributed by atoms with Crippen molar-refractivity contribution in [1.29, 1.82) is 0 Å². The molecule has 2 aromatic carbocycles. The highest BCUT2D eigenvalue weighted by Crippen LogP contribution is 2.27. The van der Waals surface area contributed by atoms with Crippen LogP contribution in [-0.4, -0.2) is 35.1 Å². The largest absolute Gasteiger partial charge is 0.354 e. The van der Waals surface area contributed by atoms with Gasteiger partial charge in [-0.3, -0.25) is 9.59 Å². The summed E-state index contributed by atoms with van der Waals surface area (Å²) < 4.78 is 13.9. The van der Waals surface area contributed by atoms with Crippen molar-refractivity contribution in [2.75, 3.05) is 12.3 Å². The van der Waals surface area contributed by atoms with Gasteiger partial charge in [-0.2, -0.15) is 0 Å². The van der Waals surface area contributed by atoms with Crippen LogP contribution in [0.2, 0.25) is 10.0 Å². The molecule has 0 spiro atoms. The molecule has 0 aromatic heterocycles. The molecule has 0 aliphatic rings. The van der Waals surface area contributed by atoms with Gasteiger partial charge in [0.2, 0.25) is 11.8 Å². The van der Waals surface area contributed by atoms with Gasteiger partial charge < -0.3 is 10.2 Å². The van der Waals surface area contributed by atoms with Gasteiger partial charge in [0.15, 0.2) is 0 Å². The molecule has 0 bridgehead atoms. The molecule has 0 saturated heterocycles. The number of halogens is 3. The average molecular weight is 485 g/mol. The molecule has 0 aliphatic carbocycles. The molecule has 2 amide bonds. The summed E-state index contributed by atoms with van der Waals surface area (Å²) in [5, 5.41) is 3.74. The van der Waals surface area contributed by atoms with Crippen LogP contribution in [0.1, 0.15) is 37.8 Å². The molecule has 2 rings (SSSR count). The highest BCUT2D eigenvalue weighted by Gasteiger charge is 2.29. The van der Waals surface area contributed by atoms with Gasteiger partial charge in [0, 0.05) is 34.5 Å². The van der Waals surface area contributed by atoms with Gasteiger partial charge in [-0.25, -0.2) is 4.39 Å². The lowest BCUT2D eigenvalue weighted by Gasteiger charge is -2.31. The van der Waals surface area contributed by atoms with Crippen LogP contribution in [0.15, 0.2) is 42.5 Å². The lowest BCUT2D eigenvalue weighted by atomic mass is 10.1. The van der Waals surface area contributed by atoms with Crippen LogP contribution in [0.3, 0.4) is 0 Å². The van der Waals surface area contributed by atoms with Gasteiger partial charge in [-0.1, -0.05) is 61.3 Å². The van der Waals surface area contributed by atoms with Gasteiger partial charge in [-0.05, 0) is 36.6 Å². The van der Waals surface area contributed by atoms with Crippen LogP contribution < -0.4 is 5.32 Å². The van der Waals surface area contributed by atoms with Crippen LogP contribution in [0.4, 0.5) is 4.39 Å². The van der Waals surface area contributed by atoms with Crippen LogP contribution >= 0.6 is 35.0 Å². The molecule has 2 aromatic rings.